The fourth-order valence-corrected chi connectivity index (χ4v) is 2.11. The average Bonchev–Trinajstić information content (AvgIpc) is 2.47. The summed E-state index contributed by atoms with van der Waals surface area (Å²) in [6.07, 6.45) is 3.02. The highest BCUT2D eigenvalue weighted by Gasteiger charge is 2.04. The van der Waals surface area contributed by atoms with Gasteiger partial charge >= 0.3 is 0 Å². The molecule has 0 aliphatic rings. The second-order valence-electron chi connectivity index (χ2n) is 3.51. The lowest BCUT2D eigenvalue weighted by Gasteiger charge is -2.04. The van der Waals surface area contributed by atoms with Gasteiger partial charge < -0.3 is 15.7 Å². The lowest BCUT2D eigenvalue weighted by Crippen LogP contribution is -2.15. The Balaban J connectivity index is 2.15. The van der Waals surface area contributed by atoms with Crippen LogP contribution in [0.4, 0.5) is 0 Å². The Morgan fingerprint density at radius 1 is 1.37 bits per heavy atom. The third-order valence-electron chi connectivity index (χ3n) is 2.26. The number of ether oxygens (including phenoxy) is 1. The van der Waals surface area contributed by atoms with Gasteiger partial charge in [0.25, 0.3) is 0 Å². The van der Waals surface area contributed by atoms with Gasteiger partial charge in [-0.1, -0.05) is 23.0 Å². The second kappa shape index (κ2) is 6.05. The molecule has 0 bridgehead atoms. The molecule has 0 saturated heterocycles. The third-order valence-corrected chi connectivity index (χ3v) is 3.17. The van der Waals surface area contributed by atoms with Crippen LogP contribution in [0.25, 0.3) is 0 Å². The summed E-state index contributed by atoms with van der Waals surface area (Å²) in [6, 6.07) is 7.63. The molecule has 0 amide bonds. The number of oxime groups is 1. The maximum Gasteiger partial charge on any atom is 0.190 e. The number of hydrogen-bond acceptors (Lipinski definition) is 6. The van der Waals surface area contributed by atoms with E-state index in [1.54, 1.807) is 13.3 Å². The summed E-state index contributed by atoms with van der Waals surface area (Å²) >= 11 is 1.45. The molecule has 1 heterocycles. The van der Waals surface area contributed by atoms with Crippen molar-refractivity contribution in [1.82, 2.24) is 9.97 Å². The van der Waals surface area contributed by atoms with E-state index in [9.17, 15) is 0 Å². The average molecular weight is 276 g/mol. The van der Waals surface area contributed by atoms with Gasteiger partial charge in [0.15, 0.2) is 5.84 Å². The molecular weight excluding hydrogens is 264 g/mol. The van der Waals surface area contributed by atoms with Crippen molar-refractivity contribution in [2.24, 2.45) is 10.9 Å². The molecule has 0 saturated carbocycles. The molecule has 0 atom stereocenters. The molecule has 19 heavy (non-hydrogen) atoms. The van der Waals surface area contributed by atoms with E-state index in [-0.39, 0.29) is 5.84 Å². The fraction of sp³-hybridized carbons (Fsp3) is 0.0833. The molecule has 1 aromatic carbocycles. The van der Waals surface area contributed by atoms with Gasteiger partial charge in [-0.05, 0) is 18.2 Å². The van der Waals surface area contributed by atoms with E-state index in [1.165, 1.54) is 18.0 Å². The summed E-state index contributed by atoms with van der Waals surface area (Å²) in [6.45, 7) is 0. The molecule has 6 nitrogen and oxygen atoms in total. The zero-order valence-corrected chi connectivity index (χ0v) is 11.0. The highest BCUT2D eigenvalue weighted by Crippen LogP contribution is 2.27. The van der Waals surface area contributed by atoms with E-state index >= 15 is 0 Å². The van der Waals surface area contributed by atoms with Crippen molar-refractivity contribution in [3.63, 3.8) is 0 Å². The van der Waals surface area contributed by atoms with Crippen LogP contribution in [0.2, 0.25) is 0 Å². The first-order chi connectivity index (χ1) is 9.22. The number of aromatic nitrogens is 2. The Hall–Kier alpha value is -2.28. The summed E-state index contributed by atoms with van der Waals surface area (Å²) in [5.41, 5.74) is 5.74. The molecule has 98 valence electrons. The first-order valence-electron chi connectivity index (χ1n) is 5.35. The van der Waals surface area contributed by atoms with E-state index in [4.69, 9.17) is 15.7 Å². The van der Waals surface area contributed by atoms with Crippen LogP contribution in [0.15, 0.2) is 51.7 Å². The number of rotatable bonds is 4. The van der Waals surface area contributed by atoms with Crippen molar-refractivity contribution in [1.29, 1.82) is 0 Å². The van der Waals surface area contributed by atoms with Gasteiger partial charge in [0.2, 0.25) is 0 Å². The monoisotopic (exact) mass is 276 g/mol. The van der Waals surface area contributed by atoms with Crippen LogP contribution in [0.5, 0.6) is 5.75 Å². The maximum absolute atomic E-state index is 8.53. The molecule has 2 aromatic rings. The quantitative estimate of drug-likeness (QED) is 0.382. The lowest BCUT2D eigenvalue weighted by atomic mass is 10.3. The lowest BCUT2D eigenvalue weighted by molar-refractivity contribution is 0.318. The van der Waals surface area contributed by atoms with Crippen molar-refractivity contribution >= 4 is 17.6 Å². The molecule has 2 rings (SSSR count). The Bertz CT molecular complexity index is 587. The van der Waals surface area contributed by atoms with Crippen molar-refractivity contribution in [3.05, 3.63) is 42.4 Å². The Morgan fingerprint density at radius 3 is 2.84 bits per heavy atom. The van der Waals surface area contributed by atoms with Gasteiger partial charge in [-0.25, -0.2) is 9.97 Å². The zero-order chi connectivity index (χ0) is 13.7. The first kappa shape index (κ1) is 13.2. The van der Waals surface area contributed by atoms with Gasteiger partial charge in [-0.15, -0.1) is 0 Å². The smallest absolute Gasteiger partial charge is 0.190 e. The minimum atomic E-state index is -0.0644. The number of nitrogens with two attached hydrogens (primary N) is 1. The van der Waals surface area contributed by atoms with Crippen molar-refractivity contribution in [3.8, 4) is 5.75 Å². The topological polar surface area (TPSA) is 93.6 Å². The van der Waals surface area contributed by atoms with Crippen molar-refractivity contribution < 1.29 is 9.94 Å². The molecule has 3 N–H and O–H groups in total. The molecule has 0 spiro atoms. The summed E-state index contributed by atoms with van der Waals surface area (Å²) in [7, 11) is 1.62. The first-order valence-corrected chi connectivity index (χ1v) is 6.16. The van der Waals surface area contributed by atoms with Crippen LogP contribution in [0, 0.1) is 0 Å². The Labute approximate surface area is 114 Å². The highest BCUT2D eigenvalue weighted by atomic mass is 32.2. The van der Waals surface area contributed by atoms with Crippen LogP contribution in [-0.4, -0.2) is 28.1 Å². The third kappa shape index (κ3) is 3.35. The molecule has 7 heteroatoms. The van der Waals surface area contributed by atoms with E-state index in [0.717, 1.165) is 10.6 Å². The number of methoxy groups -OCH3 is 1. The predicted molar refractivity (Wildman–Crippen MR) is 71.7 cm³/mol. The Kier molecular flexibility index (Phi) is 4.19. The van der Waals surface area contributed by atoms with Gasteiger partial charge in [0.05, 0.1) is 19.5 Å². The van der Waals surface area contributed by atoms with E-state index in [0.29, 0.717) is 10.7 Å². The number of hydrogen-bond donors (Lipinski definition) is 2. The van der Waals surface area contributed by atoms with Crippen LogP contribution < -0.4 is 10.5 Å². The minimum Gasteiger partial charge on any atom is -0.497 e. The molecular formula is C12H12N4O2S. The SMILES string of the molecule is COc1cccc(Sc2cnc(C(N)=NO)cn2)c1. The molecule has 1 aromatic heterocycles. The molecule has 0 aliphatic carbocycles. The zero-order valence-electron chi connectivity index (χ0n) is 10.1. The maximum atomic E-state index is 8.53. The predicted octanol–water partition coefficient (Wildman–Crippen LogP) is 1.73. The summed E-state index contributed by atoms with van der Waals surface area (Å²) in [4.78, 5) is 9.23. The van der Waals surface area contributed by atoms with Crippen LogP contribution >= 0.6 is 11.8 Å². The fourth-order valence-electron chi connectivity index (χ4n) is 1.34. The second-order valence-corrected chi connectivity index (χ2v) is 4.60. The minimum absolute atomic E-state index is 0.0644. The largest absolute Gasteiger partial charge is 0.497 e. The summed E-state index contributed by atoms with van der Waals surface area (Å²) < 4.78 is 5.15. The van der Waals surface area contributed by atoms with E-state index in [2.05, 4.69) is 15.1 Å². The number of amidine groups is 1. The standard InChI is InChI=1S/C12H12N4O2S/c1-18-8-3-2-4-9(5-8)19-11-7-14-10(6-15-11)12(13)16-17/h2-7,17H,1H3,(H2,13,16). The van der Waals surface area contributed by atoms with E-state index < -0.39 is 0 Å². The van der Waals surface area contributed by atoms with Crippen LogP contribution in [-0.2, 0) is 0 Å². The van der Waals surface area contributed by atoms with E-state index in [1.807, 2.05) is 24.3 Å². The summed E-state index contributed by atoms with van der Waals surface area (Å²) in [5, 5.41) is 12.1. The molecule has 0 radical (unpaired) electrons. The van der Waals surface area contributed by atoms with Gasteiger partial charge in [-0.2, -0.15) is 0 Å². The summed E-state index contributed by atoms with van der Waals surface area (Å²) in [5.74, 6) is 0.719. The molecule has 0 aliphatic heterocycles. The van der Waals surface area contributed by atoms with Crippen molar-refractivity contribution in [2.75, 3.05) is 7.11 Å². The molecule has 0 fully saturated rings. The van der Waals surface area contributed by atoms with Gasteiger partial charge in [-0.3, -0.25) is 0 Å². The van der Waals surface area contributed by atoms with Gasteiger partial charge in [0.1, 0.15) is 16.5 Å². The highest BCUT2D eigenvalue weighted by molar-refractivity contribution is 7.99. The number of nitrogens with zero attached hydrogens (tertiary/aromatic N) is 3. The van der Waals surface area contributed by atoms with Crippen LogP contribution in [0.3, 0.4) is 0 Å². The normalized spacial score (nSPS) is 11.3. The van der Waals surface area contributed by atoms with Crippen LogP contribution in [0.1, 0.15) is 5.69 Å². The van der Waals surface area contributed by atoms with Gasteiger partial charge in [0, 0.05) is 4.90 Å². The Morgan fingerprint density at radius 2 is 2.21 bits per heavy atom. The number of benzene rings is 1. The molecule has 0 unspecified atom stereocenters. The van der Waals surface area contributed by atoms with Crippen molar-refractivity contribution in [2.45, 2.75) is 9.92 Å².